The standard InChI is InChI=1S/C20H14BrCl3FNO/c21-14-2-4-20(27-11-12-1-3-17(25)9-19(12)24)13(5-14)10-26-18-7-15(22)6-16(23)8-18/h1-9,26H,10-11H2. The first-order chi connectivity index (χ1) is 12.9. The average Bonchev–Trinajstić information content (AvgIpc) is 2.59. The summed E-state index contributed by atoms with van der Waals surface area (Å²) >= 11 is 21.6. The van der Waals surface area contributed by atoms with Gasteiger partial charge in [0.25, 0.3) is 0 Å². The molecule has 0 spiro atoms. The van der Waals surface area contributed by atoms with Crippen molar-refractivity contribution in [1.29, 1.82) is 0 Å². The molecule has 27 heavy (non-hydrogen) atoms. The largest absolute Gasteiger partial charge is 0.488 e. The number of hydrogen-bond donors (Lipinski definition) is 1. The summed E-state index contributed by atoms with van der Waals surface area (Å²) in [4.78, 5) is 0. The molecule has 140 valence electrons. The zero-order chi connectivity index (χ0) is 19.4. The molecule has 3 rings (SSSR count). The van der Waals surface area contributed by atoms with Crippen molar-refractivity contribution in [3.63, 3.8) is 0 Å². The maximum Gasteiger partial charge on any atom is 0.124 e. The molecule has 3 aromatic rings. The van der Waals surface area contributed by atoms with Crippen molar-refractivity contribution in [2.24, 2.45) is 0 Å². The van der Waals surface area contributed by atoms with Crippen molar-refractivity contribution in [1.82, 2.24) is 0 Å². The van der Waals surface area contributed by atoms with Gasteiger partial charge in [0, 0.05) is 37.9 Å². The molecule has 0 aliphatic heterocycles. The lowest BCUT2D eigenvalue weighted by Crippen LogP contribution is -2.04. The van der Waals surface area contributed by atoms with Crippen LogP contribution in [-0.4, -0.2) is 0 Å². The van der Waals surface area contributed by atoms with Crippen LogP contribution in [0.1, 0.15) is 11.1 Å². The molecule has 2 nitrogen and oxygen atoms in total. The van der Waals surface area contributed by atoms with Crippen molar-refractivity contribution in [3.05, 3.63) is 91.1 Å². The van der Waals surface area contributed by atoms with E-state index >= 15 is 0 Å². The van der Waals surface area contributed by atoms with Gasteiger partial charge < -0.3 is 10.1 Å². The maximum atomic E-state index is 13.2. The lowest BCUT2D eigenvalue weighted by atomic mass is 10.2. The molecule has 1 N–H and O–H groups in total. The summed E-state index contributed by atoms with van der Waals surface area (Å²) < 4.78 is 20.0. The number of hydrogen-bond acceptors (Lipinski definition) is 2. The van der Waals surface area contributed by atoms with Gasteiger partial charge in [0.05, 0.1) is 5.02 Å². The number of benzene rings is 3. The molecule has 0 heterocycles. The van der Waals surface area contributed by atoms with Crippen LogP contribution < -0.4 is 10.1 Å². The second kappa shape index (κ2) is 9.16. The van der Waals surface area contributed by atoms with Crippen LogP contribution in [0.5, 0.6) is 5.75 Å². The fraction of sp³-hybridized carbons (Fsp3) is 0.100. The van der Waals surface area contributed by atoms with Gasteiger partial charge in [-0.3, -0.25) is 0 Å². The third kappa shape index (κ3) is 5.76. The minimum absolute atomic E-state index is 0.233. The van der Waals surface area contributed by atoms with Crippen LogP contribution in [0.15, 0.2) is 59.1 Å². The predicted molar refractivity (Wildman–Crippen MR) is 114 cm³/mol. The van der Waals surface area contributed by atoms with Crippen LogP contribution in [0.4, 0.5) is 10.1 Å². The van der Waals surface area contributed by atoms with Gasteiger partial charge >= 0.3 is 0 Å². The maximum absolute atomic E-state index is 13.2. The summed E-state index contributed by atoms with van der Waals surface area (Å²) in [5.74, 6) is 0.316. The van der Waals surface area contributed by atoms with E-state index in [1.54, 1.807) is 24.3 Å². The zero-order valence-corrected chi connectivity index (χ0v) is 17.8. The molecule has 0 atom stereocenters. The molecule has 0 saturated heterocycles. The van der Waals surface area contributed by atoms with E-state index in [9.17, 15) is 4.39 Å². The van der Waals surface area contributed by atoms with E-state index < -0.39 is 0 Å². The lowest BCUT2D eigenvalue weighted by Gasteiger charge is -2.14. The van der Waals surface area contributed by atoms with E-state index in [2.05, 4.69) is 21.2 Å². The predicted octanol–water partition coefficient (Wildman–Crippen LogP) is 7.74. The number of ether oxygens (including phenoxy) is 1. The van der Waals surface area contributed by atoms with Crippen LogP contribution in [0.25, 0.3) is 0 Å². The highest BCUT2D eigenvalue weighted by Crippen LogP contribution is 2.28. The first kappa shape index (κ1) is 20.3. The van der Waals surface area contributed by atoms with Crippen molar-refractivity contribution in [2.45, 2.75) is 13.2 Å². The first-order valence-corrected chi connectivity index (χ1v) is 9.88. The van der Waals surface area contributed by atoms with Crippen LogP contribution in [0.3, 0.4) is 0 Å². The first-order valence-electron chi connectivity index (χ1n) is 7.96. The summed E-state index contributed by atoms with van der Waals surface area (Å²) in [6, 6.07) is 15.2. The van der Waals surface area contributed by atoms with Gasteiger partial charge in [-0.1, -0.05) is 56.8 Å². The van der Waals surface area contributed by atoms with Crippen molar-refractivity contribution in [3.8, 4) is 5.75 Å². The molecule has 0 aliphatic carbocycles. The molecule has 0 unspecified atom stereocenters. The number of rotatable bonds is 6. The summed E-state index contributed by atoms with van der Waals surface area (Å²) in [6.07, 6.45) is 0. The third-order valence-corrected chi connectivity index (χ3v) is 5.05. The fourth-order valence-electron chi connectivity index (χ4n) is 2.47. The zero-order valence-electron chi connectivity index (χ0n) is 13.9. The van der Waals surface area contributed by atoms with E-state index in [0.717, 1.165) is 15.7 Å². The Bertz CT molecular complexity index is 948. The molecule has 0 bridgehead atoms. The van der Waals surface area contributed by atoms with E-state index in [4.69, 9.17) is 39.5 Å². The Morgan fingerprint density at radius 1 is 0.889 bits per heavy atom. The molecule has 0 fully saturated rings. The highest BCUT2D eigenvalue weighted by molar-refractivity contribution is 9.10. The Morgan fingerprint density at radius 3 is 2.33 bits per heavy atom. The van der Waals surface area contributed by atoms with Crippen LogP contribution >= 0.6 is 50.7 Å². The molecular formula is C20H14BrCl3FNO. The Kier molecular flexibility index (Phi) is 6.88. The van der Waals surface area contributed by atoms with Gasteiger partial charge in [0.2, 0.25) is 0 Å². The number of nitrogens with one attached hydrogen (secondary N) is 1. The van der Waals surface area contributed by atoms with Gasteiger partial charge in [0.15, 0.2) is 0 Å². The third-order valence-electron chi connectivity index (χ3n) is 3.77. The van der Waals surface area contributed by atoms with Gasteiger partial charge in [-0.15, -0.1) is 0 Å². The second-order valence-corrected chi connectivity index (χ2v) is 7.98. The quantitative estimate of drug-likeness (QED) is 0.382. The molecule has 0 aromatic heterocycles. The smallest absolute Gasteiger partial charge is 0.124 e. The Morgan fingerprint density at radius 2 is 1.63 bits per heavy atom. The van der Waals surface area contributed by atoms with Crippen LogP contribution in [0, 0.1) is 5.82 Å². The van der Waals surface area contributed by atoms with E-state index in [1.807, 2.05) is 18.2 Å². The second-order valence-electron chi connectivity index (χ2n) is 5.79. The molecule has 0 radical (unpaired) electrons. The average molecular weight is 490 g/mol. The van der Waals surface area contributed by atoms with Gasteiger partial charge in [-0.05, 0) is 48.5 Å². The highest BCUT2D eigenvalue weighted by atomic mass is 79.9. The summed E-state index contributed by atoms with van der Waals surface area (Å²) in [7, 11) is 0. The van der Waals surface area contributed by atoms with E-state index in [1.165, 1.54) is 12.1 Å². The summed E-state index contributed by atoms with van der Waals surface area (Å²) in [5.41, 5.74) is 2.44. The molecule has 3 aromatic carbocycles. The Balaban J connectivity index is 1.74. The minimum atomic E-state index is -0.377. The molecule has 0 amide bonds. The van der Waals surface area contributed by atoms with Gasteiger partial charge in [-0.25, -0.2) is 4.39 Å². The van der Waals surface area contributed by atoms with E-state index in [0.29, 0.717) is 32.9 Å². The highest BCUT2D eigenvalue weighted by Gasteiger charge is 2.08. The summed E-state index contributed by atoms with van der Waals surface area (Å²) in [5, 5.41) is 4.73. The molecule has 0 saturated carbocycles. The Hall–Kier alpha value is -1.46. The van der Waals surface area contributed by atoms with Crippen molar-refractivity contribution >= 4 is 56.4 Å². The van der Waals surface area contributed by atoms with Crippen LogP contribution in [-0.2, 0) is 13.2 Å². The Labute approximate surface area is 180 Å². The topological polar surface area (TPSA) is 21.3 Å². The van der Waals surface area contributed by atoms with Crippen LogP contribution in [0.2, 0.25) is 15.1 Å². The monoisotopic (exact) mass is 487 g/mol. The fourth-order valence-corrected chi connectivity index (χ4v) is 3.63. The molecule has 7 heteroatoms. The SMILES string of the molecule is Fc1ccc(COc2ccc(Br)cc2CNc2cc(Cl)cc(Cl)c2)c(Cl)c1. The minimum Gasteiger partial charge on any atom is -0.488 e. The molecular weight excluding hydrogens is 475 g/mol. The van der Waals surface area contributed by atoms with Gasteiger partial charge in [-0.2, -0.15) is 0 Å². The lowest BCUT2D eigenvalue weighted by molar-refractivity contribution is 0.303. The number of anilines is 1. The van der Waals surface area contributed by atoms with E-state index in [-0.39, 0.29) is 12.4 Å². The van der Waals surface area contributed by atoms with Crippen molar-refractivity contribution in [2.75, 3.05) is 5.32 Å². The molecule has 0 aliphatic rings. The number of halogens is 5. The van der Waals surface area contributed by atoms with Gasteiger partial charge in [0.1, 0.15) is 18.2 Å². The summed E-state index contributed by atoms with van der Waals surface area (Å²) in [6.45, 7) is 0.735. The normalized spacial score (nSPS) is 10.7. The van der Waals surface area contributed by atoms with Crippen molar-refractivity contribution < 1.29 is 9.13 Å².